The molecule has 0 aliphatic rings. The van der Waals surface area contributed by atoms with Gasteiger partial charge in [0.1, 0.15) is 6.10 Å². The summed E-state index contributed by atoms with van der Waals surface area (Å²) in [6, 6.07) is 18.2. The minimum absolute atomic E-state index is 0.268. The Morgan fingerprint density at radius 2 is 1.63 bits per heavy atom. The van der Waals surface area contributed by atoms with Crippen LogP contribution in [0.3, 0.4) is 0 Å². The quantitative estimate of drug-likeness (QED) is 0.603. The molecule has 0 aromatic heterocycles. The van der Waals surface area contributed by atoms with Crippen molar-refractivity contribution in [2.75, 3.05) is 0 Å². The van der Waals surface area contributed by atoms with Crippen molar-refractivity contribution in [1.82, 2.24) is 0 Å². The lowest BCUT2D eigenvalue weighted by atomic mass is 10.0. The van der Waals surface area contributed by atoms with Crippen LogP contribution in [0.2, 0.25) is 0 Å². The van der Waals surface area contributed by atoms with E-state index in [0.29, 0.717) is 0 Å². The number of benzene rings is 2. The monoisotopic (exact) mass is 252 g/mol. The van der Waals surface area contributed by atoms with Gasteiger partial charge in [-0.15, -0.1) is 0 Å². The number of rotatable bonds is 4. The SMILES string of the molecule is C=CC(=O)OC(C)c1ccc(-c2ccccc2)cc1. The topological polar surface area (TPSA) is 26.3 Å². The van der Waals surface area contributed by atoms with Gasteiger partial charge < -0.3 is 4.74 Å². The fourth-order valence-electron chi connectivity index (χ4n) is 1.87. The fourth-order valence-corrected chi connectivity index (χ4v) is 1.87. The lowest BCUT2D eigenvalue weighted by molar-refractivity contribution is -0.142. The standard InChI is InChI=1S/C17H16O2/c1-3-17(18)19-13(2)14-9-11-16(12-10-14)15-7-5-4-6-8-15/h3-13H,1H2,2H3. The average molecular weight is 252 g/mol. The summed E-state index contributed by atoms with van der Waals surface area (Å²) in [6.45, 7) is 5.23. The number of carbonyl (C=O) groups is 1. The third-order valence-corrected chi connectivity index (χ3v) is 2.95. The molecule has 2 aromatic carbocycles. The van der Waals surface area contributed by atoms with Crippen molar-refractivity contribution < 1.29 is 9.53 Å². The lowest BCUT2D eigenvalue weighted by Gasteiger charge is -2.12. The molecule has 0 saturated heterocycles. The highest BCUT2D eigenvalue weighted by atomic mass is 16.5. The van der Waals surface area contributed by atoms with Crippen LogP contribution >= 0.6 is 0 Å². The van der Waals surface area contributed by atoms with Gasteiger partial charge in [0.2, 0.25) is 0 Å². The molecule has 0 amide bonds. The van der Waals surface area contributed by atoms with Gasteiger partial charge in [-0.25, -0.2) is 4.79 Å². The van der Waals surface area contributed by atoms with Crippen molar-refractivity contribution in [2.24, 2.45) is 0 Å². The van der Waals surface area contributed by atoms with E-state index in [2.05, 4.69) is 18.7 Å². The Balaban J connectivity index is 2.14. The summed E-state index contributed by atoms with van der Waals surface area (Å²) < 4.78 is 5.17. The van der Waals surface area contributed by atoms with E-state index in [1.165, 1.54) is 11.6 Å². The normalized spacial score (nSPS) is 11.6. The van der Waals surface area contributed by atoms with E-state index in [4.69, 9.17) is 4.74 Å². The average Bonchev–Trinajstić information content (AvgIpc) is 2.48. The molecule has 0 aliphatic heterocycles. The largest absolute Gasteiger partial charge is 0.455 e. The zero-order valence-corrected chi connectivity index (χ0v) is 10.9. The molecule has 0 fully saturated rings. The van der Waals surface area contributed by atoms with Crippen LogP contribution in [0.1, 0.15) is 18.6 Å². The van der Waals surface area contributed by atoms with E-state index in [1.54, 1.807) is 0 Å². The van der Waals surface area contributed by atoms with Gasteiger partial charge in [-0.05, 0) is 23.6 Å². The van der Waals surface area contributed by atoms with Crippen molar-refractivity contribution in [1.29, 1.82) is 0 Å². The molecule has 1 unspecified atom stereocenters. The molecule has 0 N–H and O–H groups in total. The second-order valence-electron chi connectivity index (χ2n) is 4.27. The van der Waals surface area contributed by atoms with Crippen LogP contribution in [0, 0.1) is 0 Å². The van der Waals surface area contributed by atoms with E-state index in [9.17, 15) is 4.79 Å². The number of carbonyl (C=O) groups excluding carboxylic acids is 1. The maximum absolute atomic E-state index is 11.1. The van der Waals surface area contributed by atoms with Gasteiger partial charge in [0.05, 0.1) is 0 Å². The molecule has 0 radical (unpaired) electrons. The molecule has 2 rings (SSSR count). The minimum Gasteiger partial charge on any atom is -0.455 e. The van der Waals surface area contributed by atoms with E-state index in [-0.39, 0.29) is 6.10 Å². The summed E-state index contributed by atoms with van der Waals surface area (Å²) in [6.07, 6.45) is 0.907. The lowest BCUT2D eigenvalue weighted by Crippen LogP contribution is -2.05. The minimum atomic E-state index is -0.403. The Bertz CT molecular complexity index is 556. The predicted molar refractivity (Wildman–Crippen MR) is 76.6 cm³/mol. The van der Waals surface area contributed by atoms with Crippen molar-refractivity contribution in [3.05, 3.63) is 72.8 Å². The highest BCUT2D eigenvalue weighted by Crippen LogP contribution is 2.23. The maximum Gasteiger partial charge on any atom is 0.330 e. The van der Waals surface area contributed by atoms with Crippen LogP contribution < -0.4 is 0 Å². The van der Waals surface area contributed by atoms with Crippen LogP contribution in [0.25, 0.3) is 11.1 Å². The van der Waals surface area contributed by atoms with E-state index in [1.807, 2.05) is 49.4 Å². The zero-order chi connectivity index (χ0) is 13.7. The molecule has 2 heteroatoms. The molecule has 0 aliphatic carbocycles. The van der Waals surface area contributed by atoms with Gasteiger partial charge in [-0.2, -0.15) is 0 Å². The van der Waals surface area contributed by atoms with Crippen LogP contribution in [0.4, 0.5) is 0 Å². The molecule has 0 heterocycles. The third kappa shape index (κ3) is 3.32. The van der Waals surface area contributed by atoms with Crippen LogP contribution in [0.5, 0.6) is 0 Å². The van der Waals surface area contributed by atoms with Gasteiger partial charge in [0.15, 0.2) is 0 Å². The molecule has 0 spiro atoms. The fraction of sp³-hybridized carbons (Fsp3) is 0.118. The molecule has 2 aromatic rings. The zero-order valence-electron chi connectivity index (χ0n) is 10.9. The number of ether oxygens (including phenoxy) is 1. The van der Waals surface area contributed by atoms with Crippen molar-refractivity contribution >= 4 is 5.97 Å². The second-order valence-corrected chi connectivity index (χ2v) is 4.27. The Hall–Kier alpha value is -2.35. The molecule has 2 nitrogen and oxygen atoms in total. The molecule has 0 saturated carbocycles. The Labute approximate surface area is 113 Å². The van der Waals surface area contributed by atoms with E-state index < -0.39 is 5.97 Å². The highest BCUT2D eigenvalue weighted by molar-refractivity contribution is 5.81. The predicted octanol–water partition coefficient (Wildman–Crippen LogP) is 4.14. The summed E-state index contributed by atoms with van der Waals surface area (Å²) >= 11 is 0. The first-order valence-electron chi connectivity index (χ1n) is 6.19. The van der Waals surface area contributed by atoms with Crippen LogP contribution in [0.15, 0.2) is 67.3 Å². The molecular weight excluding hydrogens is 236 g/mol. The summed E-state index contributed by atoms with van der Waals surface area (Å²) in [7, 11) is 0. The number of esters is 1. The van der Waals surface area contributed by atoms with E-state index >= 15 is 0 Å². The van der Waals surface area contributed by atoms with Crippen LogP contribution in [-0.2, 0) is 9.53 Å². The molecule has 19 heavy (non-hydrogen) atoms. The first kappa shape index (κ1) is 13.1. The molecule has 0 bridgehead atoms. The summed E-state index contributed by atoms with van der Waals surface area (Å²) in [4.78, 5) is 11.1. The Kier molecular flexibility index (Phi) is 4.14. The summed E-state index contributed by atoms with van der Waals surface area (Å²) in [5.74, 6) is -0.403. The first-order chi connectivity index (χ1) is 9.20. The molecule has 96 valence electrons. The smallest absolute Gasteiger partial charge is 0.330 e. The van der Waals surface area contributed by atoms with Crippen molar-refractivity contribution in [3.8, 4) is 11.1 Å². The second kappa shape index (κ2) is 6.01. The summed E-state index contributed by atoms with van der Waals surface area (Å²) in [5, 5.41) is 0. The number of hydrogen-bond acceptors (Lipinski definition) is 2. The van der Waals surface area contributed by atoms with Crippen molar-refractivity contribution in [2.45, 2.75) is 13.0 Å². The third-order valence-electron chi connectivity index (χ3n) is 2.95. The van der Waals surface area contributed by atoms with Gasteiger partial charge in [0, 0.05) is 6.08 Å². The van der Waals surface area contributed by atoms with Gasteiger partial charge >= 0.3 is 5.97 Å². The first-order valence-corrected chi connectivity index (χ1v) is 6.19. The Morgan fingerprint density at radius 1 is 1.05 bits per heavy atom. The van der Waals surface area contributed by atoms with Gasteiger partial charge in [0.25, 0.3) is 0 Å². The van der Waals surface area contributed by atoms with Crippen LogP contribution in [-0.4, -0.2) is 5.97 Å². The van der Waals surface area contributed by atoms with Gasteiger partial charge in [-0.3, -0.25) is 0 Å². The summed E-state index contributed by atoms with van der Waals surface area (Å²) in [5.41, 5.74) is 3.28. The molecular formula is C17H16O2. The number of hydrogen-bond donors (Lipinski definition) is 0. The highest BCUT2D eigenvalue weighted by Gasteiger charge is 2.09. The molecule has 1 atom stereocenters. The van der Waals surface area contributed by atoms with E-state index in [0.717, 1.165) is 11.1 Å². The Morgan fingerprint density at radius 3 is 2.21 bits per heavy atom. The maximum atomic E-state index is 11.1. The van der Waals surface area contributed by atoms with Gasteiger partial charge in [-0.1, -0.05) is 61.2 Å². The van der Waals surface area contributed by atoms with Crippen molar-refractivity contribution in [3.63, 3.8) is 0 Å².